The Morgan fingerprint density at radius 3 is 2.56 bits per heavy atom. The summed E-state index contributed by atoms with van der Waals surface area (Å²) in [4.78, 5) is 35.2. The van der Waals surface area contributed by atoms with Crippen LogP contribution in [0, 0.1) is 12.8 Å². The van der Waals surface area contributed by atoms with Crippen molar-refractivity contribution in [2.24, 2.45) is 5.92 Å². The Morgan fingerprint density at radius 2 is 2.00 bits per heavy atom. The van der Waals surface area contributed by atoms with Crippen molar-refractivity contribution >= 4 is 28.3 Å². The van der Waals surface area contributed by atoms with Crippen LogP contribution in [0.5, 0.6) is 0 Å². The van der Waals surface area contributed by atoms with Crippen LogP contribution in [0.25, 0.3) is 0 Å². The van der Waals surface area contributed by atoms with Crippen molar-refractivity contribution in [1.82, 2.24) is 14.8 Å². The molecule has 0 radical (unpaired) electrons. The molecule has 6 nitrogen and oxygen atoms in total. The molecule has 0 bridgehead atoms. The maximum atomic E-state index is 12.9. The largest absolute Gasteiger partial charge is 0.348 e. The van der Waals surface area contributed by atoms with E-state index in [1.165, 1.54) is 6.08 Å². The van der Waals surface area contributed by atoms with Crippen molar-refractivity contribution in [3.8, 4) is 0 Å². The van der Waals surface area contributed by atoms with Crippen LogP contribution in [0.4, 0.5) is 5.13 Å². The molecular formula is C18H26N4O2S. The second-order valence-corrected chi connectivity index (χ2v) is 7.74. The number of thiazole rings is 1. The molecule has 0 unspecified atom stereocenters. The molecule has 0 N–H and O–H groups in total. The molecule has 3 heterocycles. The van der Waals surface area contributed by atoms with Gasteiger partial charge in [-0.15, -0.1) is 11.3 Å². The fraction of sp³-hybridized carbons (Fsp3) is 0.611. The molecule has 1 atom stereocenters. The second-order valence-electron chi connectivity index (χ2n) is 6.90. The van der Waals surface area contributed by atoms with E-state index in [9.17, 15) is 9.59 Å². The normalized spacial score (nSPS) is 22.2. The van der Waals surface area contributed by atoms with Gasteiger partial charge in [-0.05, 0) is 32.8 Å². The lowest BCUT2D eigenvalue weighted by atomic mass is 9.94. The van der Waals surface area contributed by atoms with Crippen molar-refractivity contribution in [3.63, 3.8) is 0 Å². The van der Waals surface area contributed by atoms with E-state index >= 15 is 0 Å². The van der Waals surface area contributed by atoms with Gasteiger partial charge in [-0.2, -0.15) is 0 Å². The predicted octanol–water partition coefficient (Wildman–Crippen LogP) is 1.91. The Morgan fingerprint density at radius 1 is 1.28 bits per heavy atom. The fourth-order valence-electron chi connectivity index (χ4n) is 3.65. The quantitative estimate of drug-likeness (QED) is 0.771. The van der Waals surface area contributed by atoms with Crippen molar-refractivity contribution in [3.05, 3.63) is 23.7 Å². The molecule has 2 aliphatic heterocycles. The molecule has 0 spiro atoms. The smallest absolute Gasteiger partial charge is 0.246 e. The predicted molar refractivity (Wildman–Crippen MR) is 99.7 cm³/mol. The maximum Gasteiger partial charge on any atom is 0.246 e. The van der Waals surface area contributed by atoms with Crippen LogP contribution in [0.2, 0.25) is 0 Å². The fourth-order valence-corrected chi connectivity index (χ4v) is 4.51. The molecule has 0 saturated carbocycles. The standard InChI is InChI=1S/C18H26N4O2S/c1-4-16(23)21-9-10-22(14(3)11-21)17(24)15-5-7-20(8-6-15)18-19-13(2)12-25-18/h4,12,14-15H,1,5-11H2,2-3H3/t14-/m0/s1. The monoisotopic (exact) mass is 362 g/mol. The van der Waals surface area contributed by atoms with Gasteiger partial charge in [0.05, 0.1) is 5.69 Å². The molecule has 2 saturated heterocycles. The third-order valence-corrected chi connectivity index (χ3v) is 6.14. The van der Waals surface area contributed by atoms with Crippen molar-refractivity contribution < 1.29 is 9.59 Å². The highest BCUT2D eigenvalue weighted by atomic mass is 32.1. The summed E-state index contributed by atoms with van der Waals surface area (Å²) in [5.41, 5.74) is 1.05. The Labute approximate surface area is 153 Å². The van der Waals surface area contributed by atoms with Gasteiger partial charge in [0.2, 0.25) is 11.8 Å². The number of amides is 2. The molecule has 2 aliphatic rings. The Kier molecular flexibility index (Phi) is 5.42. The SMILES string of the molecule is C=CC(=O)N1CCN(C(=O)C2CCN(c3nc(C)cs3)CC2)[C@@H](C)C1. The van der Waals surface area contributed by atoms with Gasteiger partial charge in [-0.1, -0.05) is 6.58 Å². The third kappa shape index (κ3) is 3.86. The number of nitrogens with zero attached hydrogens (tertiary/aromatic N) is 4. The summed E-state index contributed by atoms with van der Waals surface area (Å²) >= 11 is 1.67. The number of carbonyl (C=O) groups excluding carboxylic acids is 2. The zero-order valence-corrected chi connectivity index (χ0v) is 15.8. The average Bonchev–Trinajstić information content (AvgIpc) is 3.07. The molecule has 3 rings (SSSR count). The highest BCUT2D eigenvalue weighted by molar-refractivity contribution is 7.13. The van der Waals surface area contributed by atoms with Gasteiger partial charge in [-0.25, -0.2) is 4.98 Å². The molecule has 0 aliphatic carbocycles. The molecule has 7 heteroatoms. The minimum atomic E-state index is -0.0500. The molecular weight excluding hydrogens is 336 g/mol. The van der Waals surface area contributed by atoms with E-state index < -0.39 is 0 Å². The van der Waals surface area contributed by atoms with Gasteiger partial charge < -0.3 is 14.7 Å². The van der Waals surface area contributed by atoms with E-state index in [-0.39, 0.29) is 23.8 Å². The third-order valence-electron chi connectivity index (χ3n) is 5.12. The van der Waals surface area contributed by atoms with Gasteiger partial charge in [-0.3, -0.25) is 9.59 Å². The minimum absolute atomic E-state index is 0.0500. The number of aromatic nitrogens is 1. The van der Waals surface area contributed by atoms with Gasteiger partial charge in [0.1, 0.15) is 0 Å². The van der Waals surface area contributed by atoms with E-state index in [1.807, 2.05) is 18.7 Å². The summed E-state index contributed by atoms with van der Waals surface area (Å²) in [6, 6.07) is 0.0600. The van der Waals surface area contributed by atoms with Crippen molar-refractivity contribution in [2.45, 2.75) is 32.7 Å². The zero-order chi connectivity index (χ0) is 18.0. The Balaban J connectivity index is 1.54. The summed E-state index contributed by atoms with van der Waals surface area (Å²) in [6.07, 6.45) is 3.09. The van der Waals surface area contributed by atoms with Crippen LogP contribution in [-0.4, -0.2) is 65.4 Å². The molecule has 1 aromatic heterocycles. The van der Waals surface area contributed by atoms with Crippen LogP contribution in [0.3, 0.4) is 0 Å². The number of rotatable bonds is 3. The van der Waals surface area contributed by atoms with E-state index in [4.69, 9.17) is 0 Å². The molecule has 2 fully saturated rings. The number of carbonyl (C=O) groups is 2. The summed E-state index contributed by atoms with van der Waals surface area (Å²) in [5.74, 6) is 0.278. The highest BCUT2D eigenvalue weighted by Crippen LogP contribution is 2.28. The summed E-state index contributed by atoms with van der Waals surface area (Å²) in [5, 5.41) is 3.13. The highest BCUT2D eigenvalue weighted by Gasteiger charge is 2.34. The summed E-state index contributed by atoms with van der Waals surface area (Å²) in [6.45, 7) is 11.1. The Bertz CT molecular complexity index is 651. The number of anilines is 1. The lowest BCUT2D eigenvalue weighted by Gasteiger charge is -2.42. The maximum absolute atomic E-state index is 12.9. The van der Waals surface area contributed by atoms with Crippen LogP contribution in [0.15, 0.2) is 18.0 Å². The molecule has 0 aromatic carbocycles. The van der Waals surface area contributed by atoms with Gasteiger partial charge in [0, 0.05) is 50.1 Å². The van der Waals surface area contributed by atoms with E-state index in [0.717, 1.165) is 36.8 Å². The number of hydrogen-bond donors (Lipinski definition) is 0. The van der Waals surface area contributed by atoms with Crippen LogP contribution in [0.1, 0.15) is 25.5 Å². The van der Waals surface area contributed by atoms with Crippen LogP contribution < -0.4 is 4.90 Å². The first-order chi connectivity index (χ1) is 12.0. The first kappa shape index (κ1) is 17.9. The van der Waals surface area contributed by atoms with E-state index in [1.54, 1.807) is 16.2 Å². The number of aryl methyl sites for hydroxylation is 1. The number of piperazine rings is 1. The van der Waals surface area contributed by atoms with Crippen LogP contribution in [-0.2, 0) is 9.59 Å². The van der Waals surface area contributed by atoms with E-state index in [2.05, 4.69) is 21.8 Å². The average molecular weight is 362 g/mol. The Hall–Kier alpha value is -1.89. The minimum Gasteiger partial charge on any atom is -0.348 e. The second kappa shape index (κ2) is 7.56. The number of hydrogen-bond acceptors (Lipinski definition) is 5. The number of piperidine rings is 1. The molecule has 2 amide bonds. The topological polar surface area (TPSA) is 56.8 Å². The first-order valence-electron chi connectivity index (χ1n) is 8.88. The van der Waals surface area contributed by atoms with Gasteiger partial charge >= 0.3 is 0 Å². The van der Waals surface area contributed by atoms with E-state index in [0.29, 0.717) is 19.6 Å². The summed E-state index contributed by atoms with van der Waals surface area (Å²) < 4.78 is 0. The van der Waals surface area contributed by atoms with Crippen LogP contribution >= 0.6 is 11.3 Å². The lowest BCUT2D eigenvalue weighted by molar-refractivity contribution is -0.144. The van der Waals surface area contributed by atoms with Crippen molar-refractivity contribution in [2.75, 3.05) is 37.6 Å². The summed E-state index contributed by atoms with van der Waals surface area (Å²) in [7, 11) is 0. The molecule has 25 heavy (non-hydrogen) atoms. The molecule has 136 valence electrons. The van der Waals surface area contributed by atoms with Crippen molar-refractivity contribution in [1.29, 1.82) is 0 Å². The van der Waals surface area contributed by atoms with Gasteiger partial charge in [0.25, 0.3) is 0 Å². The zero-order valence-electron chi connectivity index (χ0n) is 15.0. The first-order valence-corrected chi connectivity index (χ1v) is 9.76. The van der Waals surface area contributed by atoms with Gasteiger partial charge in [0.15, 0.2) is 5.13 Å². The lowest BCUT2D eigenvalue weighted by Crippen LogP contribution is -2.57. The molecule has 1 aromatic rings.